The molecular weight excluding hydrogens is 202 g/mol. The maximum Gasteiger partial charge on any atom is 0.221 e. The number of rotatable bonds is 5. The van der Waals surface area contributed by atoms with Gasteiger partial charge < -0.3 is 11.1 Å². The van der Waals surface area contributed by atoms with Crippen LogP contribution in [0.3, 0.4) is 0 Å². The predicted molar refractivity (Wildman–Crippen MR) is 66.1 cm³/mol. The second-order valence-electron chi connectivity index (χ2n) is 4.65. The maximum atomic E-state index is 11.4. The molecule has 1 rings (SSSR count). The first-order valence-corrected chi connectivity index (χ1v) is 6.35. The lowest BCUT2D eigenvalue weighted by molar-refractivity contribution is -0.121. The van der Waals surface area contributed by atoms with Crippen molar-refractivity contribution in [3.63, 3.8) is 0 Å². The SMILES string of the molecule is CCC1CCN(C(CN)CC(=O)NC)CC1. The van der Waals surface area contributed by atoms with Crippen molar-refractivity contribution in [2.24, 2.45) is 11.7 Å². The molecule has 0 bridgehead atoms. The smallest absolute Gasteiger partial charge is 0.221 e. The summed E-state index contributed by atoms with van der Waals surface area (Å²) in [6, 6.07) is 0.220. The Hall–Kier alpha value is -0.610. The van der Waals surface area contributed by atoms with Gasteiger partial charge in [0.1, 0.15) is 0 Å². The van der Waals surface area contributed by atoms with E-state index >= 15 is 0 Å². The molecule has 3 N–H and O–H groups in total. The van der Waals surface area contributed by atoms with Crippen molar-refractivity contribution in [3.05, 3.63) is 0 Å². The lowest BCUT2D eigenvalue weighted by Gasteiger charge is -2.36. The zero-order valence-electron chi connectivity index (χ0n) is 10.5. The highest BCUT2D eigenvalue weighted by molar-refractivity contribution is 5.76. The quantitative estimate of drug-likeness (QED) is 0.722. The van der Waals surface area contributed by atoms with Gasteiger partial charge in [0.15, 0.2) is 0 Å². The van der Waals surface area contributed by atoms with E-state index in [0.29, 0.717) is 13.0 Å². The summed E-state index contributed by atoms with van der Waals surface area (Å²) in [5.41, 5.74) is 5.75. The first-order valence-electron chi connectivity index (χ1n) is 6.35. The van der Waals surface area contributed by atoms with E-state index in [4.69, 9.17) is 5.73 Å². The van der Waals surface area contributed by atoms with Crippen molar-refractivity contribution in [1.29, 1.82) is 0 Å². The van der Waals surface area contributed by atoms with Crippen LogP contribution in [0.15, 0.2) is 0 Å². The molecule has 1 aliphatic rings. The molecule has 16 heavy (non-hydrogen) atoms. The van der Waals surface area contributed by atoms with Gasteiger partial charge in [0, 0.05) is 26.1 Å². The second-order valence-corrected chi connectivity index (χ2v) is 4.65. The minimum atomic E-state index is 0.0908. The summed E-state index contributed by atoms with van der Waals surface area (Å²) in [5, 5.41) is 2.67. The molecule has 1 amide bonds. The van der Waals surface area contributed by atoms with Crippen molar-refractivity contribution in [2.45, 2.75) is 38.6 Å². The third-order valence-electron chi connectivity index (χ3n) is 3.71. The van der Waals surface area contributed by atoms with Crippen molar-refractivity contribution >= 4 is 5.91 Å². The third kappa shape index (κ3) is 3.76. The highest BCUT2D eigenvalue weighted by Gasteiger charge is 2.24. The topological polar surface area (TPSA) is 58.4 Å². The zero-order valence-corrected chi connectivity index (χ0v) is 10.5. The number of amides is 1. The highest BCUT2D eigenvalue weighted by atomic mass is 16.1. The Morgan fingerprint density at radius 1 is 1.50 bits per heavy atom. The van der Waals surface area contributed by atoms with Gasteiger partial charge >= 0.3 is 0 Å². The van der Waals surface area contributed by atoms with E-state index in [2.05, 4.69) is 17.1 Å². The van der Waals surface area contributed by atoms with Crippen LogP contribution in [0.5, 0.6) is 0 Å². The fraction of sp³-hybridized carbons (Fsp3) is 0.917. The molecule has 1 saturated heterocycles. The Labute approximate surface area is 98.6 Å². The Morgan fingerprint density at radius 3 is 2.56 bits per heavy atom. The summed E-state index contributed by atoms with van der Waals surface area (Å²) >= 11 is 0. The van der Waals surface area contributed by atoms with Crippen LogP contribution in [0.1, 0.15) is 32.6 Å². The summed E-state index contributed by atoms with van der Waals surface area (Å²) < 4.78 is 0. The molecule has 0 radical (unpaired) electrons. The van der Waals surface area contributed by atoms with Crippen LogP contribution in [-0.2, 0) is 4.79 Å². The minimum absolute atomic E-state index is 0.0908. The monoisotopic (exact) mass is 227 g/mol. The van der Waals surface area contributed by atoms with Gasteiger partial charge in [-0.05, 0) is 31.8 Å². The lowest BCUT2D eigenvalue weighted by Crippen LogP contribution is -2.47. The van der Waals surface area contributed by atoms with Gasteiger partial charge in [-0.2, -0.15) is 0 Å². The van der Waals surface area contributed by atoms with E-state index in [1.54, 1.807) is 7.05 Å². The van der Waals surface area contributed by atoms with Crippen molar-refractivity contribution in [3.8, 4) is 0 Å². The molecule has 0 aromatic heterocycles. The number of nitrogens with zero attached hydrogens (tertiary/aromatic N) is 1. The summed E-state index contributed by atoms with van der Waals surface area (Å²) in [4.78, 5) is 13.7. The summed E-state index contributed by atoms with van der Waals surface area (Å²) in [7, 11) is 1.68. The van der Waals surface area contributed by atoms with E-state index in [-0.39, 0.29) is 11.9 Å². The molecule has 1 unspecified atom stereocenters. The summed E-state index contributed by atoms with van der Waals surface area (Å²) in [5.74, 6) is 0.961. The average Bonchev–Trinajstić information content (AvgIpc) is 2.35. The number of nitrogens with one attached hydrogen (secondary N) is 1. The molecule has 4 heteroatoms. The molecule has 0 aliphatic carbocycles. The first kappa shape index (κ1) is 13.5. The largest absolute Gasteiger partial charge is 0.359 e. The van der Waals surface area contributed by atoms with Gasteiger partial charge in [0.05, 0.1) is 0 Å². The molecule has 0 spiro atoms. The first-order chi connectivity index (χ1) is 7.71. The number of carbonyl (C=O) groups excluding carboxylic acids is 1. The molecule has 0 aromatic rings. The van der Waals surface area contributed by atoms with Crippen LogP contribution in [0.25, 0.3) is 0 Å². The van der Waals surface area contributed by atoms with Gasteiger partial charge in [-0.1, -0.05) is 13.3 Å². The van der Waals surface area contributed by atoms with E-state index < -0.39 is 0 Å². The lowest BCUT2D eigenvalue weighted by atomic mass is 9.93. The normalized spacial score (nSPS) is 20.7. The maximum absolute atomic E-state index is 11.4. The molecule has 0 saturated carbocycles. The fourth-order valence-electron chi connectivity index (χ4n) is 2.40. The Balaban J connectivity index is 2.39. The predicted octanol–water partition coefficient (Wildman–Crippen LogP) is 0.572. The Morgan fingerprint density at radius 2 is 2.12 bits per heavy atom. The number of piperidine rings is 1. The summed E-state index contributed by atoms with van der Waals surface area (Å²) in [6.45, 7) is 5.02. The van der Waals surface area contributed by atoms with Gasteiger partial charge in [-0.15, -0.1) is 0 Å². The van der Waals surface area contributed by atoms with Crippen LogP contribution in [0.2, 0.25) is 0 Å². The van der Waals surface area contributed by atoms with E-state index in [9.17, 15) is 4.79 Å². The van der Waals surface area contributed by atoms with E-state index in [0.717, 1.165) is 19.0 Å². The molecular formula is C12H25N3O. The van der Waals surface area contributed by atoms with Gasteiger partial charge in [0.2, 0.25) is 5.91 Å². The number of hydrogen-bond donors (Lipinski definition) is 2. The van der Waals surface area contributed by atoms with Gasteiger partial charge in [-0.25, -0.2) is 0 Å². The molecule has 4 nitrogen and oxygen atoms in total. The molecule has 1 aliphatic heterocycles. The standard InChI is InChI=1S/C12H25N3O/c1-3-10-4-6-15(7-5-10)11(9-13)8-12(16)14-2/h10-11H,3-9,13H2,1-2H3,(H,14,16). The van der Waals surface area contributed by atoms with Crippen LogP contribution in [-0.4, -0.2) is 43.5 Å². The fourth-order valence-corrected chi connectivity index (χ4v) is 2.40. The zero-order chi connectivity index (χ0) is 12.0. The molecule has 1 heterocycles. The number of hydrogen-bond acceptors (Lipinski definition) is 3. The molecule has 1 atom stereocenters. The Bertz CT molecular complexity index is 212. The second kappa shape index (κ2) is 6.86. The average molecular weight is 227 g/mol. The molecule has 94 valence electrons. The van der Waals surface area contributed by atoms with Crippen LogP contribution in [0, 0.1) is 5.92 Å². The van der Waals surface area contributed by atoms with Crippen molar-refractivity contribution < 1.29 is 4.79 Å². The number of carbonyl (C=O) groups is 1. The Kier molecular flexibility index (Phi) is 5.77. The van der Waals surface area contributed by atoms with Gasteiger partial charge in [-0.3, -0.25) is 9.69 Å². The van der Waals surface area contributed by atoms with Gasteiger partial charge in [0.25, 0.3) is 0 Å². The van der Waals surface area contributed by atoms with Crippen molar-refractivity contribution in [2.75, 3.05) is 26.7 Å². The van der Waals surface area contributed by atoms with E-state index in [1.807, 2.05) is 0 Å². The van der Waals surface area contributed by atoms with Crippen LogP contribution in [0.4, 0.5) is 0 Å². The summed E-state index contributed by atoms with van der Waals surface area (Å²) in [6.07, 6.45) is 4.31. The van der Waals surface area contributed by atoms with E-state index in [1.165, 1.54) is 19.3 Å². The molecule has 1 fully saturated rings. The van der Waals surface area contributed by atoms with Crippen LogP contribution < -0.4 is 11.1 Å². The highest BCUT2D eigenvalue weighted by Crippen LogP contribution is 2.21. The number of likely N-dealkylation sites (tertiary alicyclic amines) is 1. The molecule has 0 aromatic carbocycles. The third-order valence-corrected chi connectivity index (χ3v) is 3.71. The van der Waals surface area contributed by atoms with Crippen LogP contribution >= 0.6 is 0 Å². The van der Waals surface area contributed by atoms with Crippen molar-refractivity contribution in [1.82, 2.24) is 10.2 Å². The number of nitrogens with two attached hydrogens (primary N) is 1. The minimum Gasteiger partial charge on any atom is -0.359 e.